The summed E-state index contributed by atoms with van der Waals surface area (Å²) in [6, 6.07) is 6.94. The van der Waals surface area contributed by atoms with Gasteiger partial charge in [0.05, 0.1) is 27.1 Å². The number of hydrogen-bond donors (Lipinski definition) is 0. The normalized spacial score (nSPS) is 11.3. The minimum absolute atomic E-state index is 0.0993. The lowest BCUT2D eigenvalue weighted by Gasteiger charge is -2.09. The summed E-state index contributed by atoms with van der Waals surface area (Å²) < 4.78 is 29.3. The van der Waals surface area contributed by atoms with Crippen LogP contribution in [0.1, 0.15) is 5.82 Å². The standard InChI is InChI=1S/C14H7BrCl2F2N2/c15-10-4-12-13(5-11(10)19)21(14(6-16)20-12)9-2-7(17)1-8(18)3-9/h1-5H,6H2. The van der Waals surface area contributed by atoms with E-state index in [-0.39, 0.29) is 10.9 Å². The van der Waals surface area contributed by atoms with Crippen molar-refractivity contribution in [1.29, 1.82) is 0 Å². The maximum atomic E-state index is 13.8. The van der Waals surface area contributed by atoms with E-state index in [2.05, 4.69) is 20.9 Å². The molecule has 108 valence electrons. The Labute approximate surface area is 137 Å². The molecule has 0 spiro atoms. The molecule has 0 radical (unpaired) electrons. The zero-order valence-corrected chi connectivity index (χ0v) is 13.5. The van der Waals surface area contributed by atoms with Crippen molar-refractivity contribution >= 4 is 50.2 Å². The van der Waals surface area contributed by atoms with Crippen LogP contribution in [0.5, 0.6) is 0 Å². The summed E-state index contributed by atoms with van der Waals surface area (Å²) in [5.74, 6) is -0.349. The first-order valence-corrected chi connectivity index (χ1v) is 7.59. The Hall–Kier alpha value is -1.17. The van der Waals surface area contributed by atoms with Crippen molar-refractivity contribution in [1.82, 2.24) is 9.55 Å². The highest BCUT2D eigenvalue weighted by Crippen LogP contribution is 2.29. The quantitative estimate of drug-likeness (QED) is 0.530. The highest BCUT2D eigenvalue weighted by molar-refractivity contribution is 9.10. The summed E-state index contributed by atoms with van der Waals surface area (Å²) in [4.78, 5) is 4.34. The second-order valence-electron chi connectivity index (χ2n) is 4.38. The second-order valence-corrected chi connectivity index (χ2v) is 5.94. The molecule has 0 saturated carbocycles. The van der Waals surface area contributed by atoms with Gasteiger partial charge in [-0.3, -0.25) is 4.57 Å². The summed E-state index contributed by atoms with van der Waals surface area (Å²) in [5, 5.41) is 0.241. The summed E-state index contributed by atoms with van der Waals surface area (Å²) >= 11 is 14.9. The molecule has 2 aromatic carbocycles. The molecule has 2 nitrogen and oxygen atoms in total. The minimum atomic E-state index is -0.488. The molecule has 0 aliphatic carbocycles. The van der Waals surface area contributed by atoms with Gasteiger partial charge in [-0.15, -0.1) is 11.6 Å². The number of imidazole rings is 1. The van der Waals surface area contributed by atoms with E-state index in [4.69, 9.17) is 23.2 Å². The number of rotatable bonds is 2. The Bertz CT molecular complexity index is 828. The number of halogens is 5. The number of aromatic nitrogens is 2. The Kier molecular flexibility index (Phi) is 3.90. The van der Waals surface area contributed by atoms with E-state index in [9.17, 15) is 8.78 Å². The van der Waals surface area contributed by atoms with Gasteiger partial charge < -0.3 is 0 Å². The average Bonchev–Trinajstić information content (AvgIpc) is 2.75. The predicted molar refractivity (Wildman–Crippen MR) is 83.3 cm³/mol. The van der Waals surface area contributed by atoms with Crippen molar-refractivity contribution < 1.29 is 8.78 Å². The number of alkyl halides is 1. The number of hydrogen-bond acceptors (Lipinski definition) is 1. The third kappa shape index (κ3) is 2.65. The van der Waals surface area contributed by atoms with Crippen molar-refractivity contribution in [3.8, 4) is 5.69 Å². The van der Waals surface area contributed by atoms with E-state index in [0.717, 1.165) is 0 Å². The molecule has 0 atom stereocenters. The van der Waals surface area contributed by atoms with Crippen molar-refractivity contribution in [2.24, 2.45) is 0 Å². The molecule has 3 rings (SSSR count). The van der Waals surface area contributed by atoms with E-state index in [0.29, 0.717) is 27.0 Å². The zero-order valence-electron chi connectivity index (χ0n) is 10.4. The Morgan fingerprint density at radius 3 is 2.57 bits per heavy atom. The van der Waals surface area contributed by atoms with Crippen LogP contribution in [0, 0.1) is 11.6 Å². The molecule has 0 aliphatic rings. The van der Waals surface area contributed by atoms with Crippen molar-refractivity contribution in [3.63, 3.8) is 0 Å². The van der Waals surface area contributed by atoms with Crippen molar-refractivity contribution in [2.45, 2.75) is 5.88 Å². The molecule has 0 fully saturated rings. The van der Waals surface area contributed by atoms with Gasteiger partial charge in [-0.2, -0.15) is 0 Å². The fourth-order valence-corrected chi connectivity index (χ4v) is 2.90. The molecule has 3 aromatic rings. The smallest absolute Gasteiger partial charge is 0.139 e. The van der Waals surface area contributed by atoms with E-state index in [1.54, 1.807) is 16.7 Å². The molecule has 1 aromatic heterocycles. The van der Waals surface area contributed by atoms with Gasteiger partial charge in [0.15, 0.2) is 0 Å². The van der Waals surface area contributed by atoms with Crippen LogP contribution < -0.4 is 0 Å². The van der Waals surface area contributed by atoms with Crippen LogP contribution in [-0.2, 0) is 5.88 Å². The average molecular weight is 392 g/mol. The van der Waals surface area contributed by atoms with Crippen LogP contribution in [0.4, 0.5) is 8.78 Å². The molecule has 0 N–H and O–H groups in total. The highest BCUT2D eigenvalue weighted by atomic mass is 79.9. The molecule has 0 unspecified atom stereocenters. The molecule has 0 amide bonds. The first-order valence-electron chi connectivity index (χ1n) is 5.88. The van der Waals surface area contributed by atoms with Gasteiger partial charge in [0.1, 0.15) is 17.5 Å². The Morgan fingerprint density at radius 1 is 1.14 bits per heavy atom. The molecule has 7 heteroatoms. The maximum absolute atomic E-state index is 13.8. The van der Waals surface area contributed by atoms with Gasteiger partial charge in [-0.25, -0.2) is 13.8 Å². The first-order chi connectivity index (χ1) is 9.99. The SMILES string of the molecule is Fc1cc(Cl)cc(-n2c(CCl)nc3cc(Br)c(F)cc32)c1. The van der Waals surface area contributed by atoms with Crippen LogP contribution in [0.25, 0.3) is 16.7 Å². The van der Waals surface area contributed by atoms with Crippen molar-refractivity contribution in [2.75, 3.05) is 0 Å². The topological polar surface area (TPSA) is 17.8 Å². The van der Waals surface area contributed by atoms with Gasteiger partial charge in [0, 0.05) is 11.1 Å². The largest absolute Gasteiger partial charge is 0.295 e. The molecule has 21 heavy (non-hydrogen) atoms. The Balaban J connectivity index is 2.36. The monoisotopic (exact) mass is 390 g/mol. The molecule has 0 saturated heterocycles. The van der Waals surface area contributed by atoms with Crippen LogP contribution >= 0.6 is 39.1 Å². The van der Waals surface area contributed by atoms with Crippen molar-refractivity contribution in [3.05, 3.63) is 57.3 Å². The minimum Gasteiger partial charge on any atom is -0.295 e. The number of nitrogens with zero attached hydrogens (tertiary/aromatic N) is 2. The summed E-state index contributed by atoms with van der Waals surface area (Å²) in [5.41, 5.74) is 1.49. The first kappa shape index (κ1) is 14.8. The molecule has 0 aliphatic heterocycles. The van der Waals surface area contributed by atoms with Crippen LogP contribution in [0.15, 0.2) is 34.8 Å². The van der Waals surface area contributed by atoms with Crippen LogP contribution in [0.3, 0.4) is 0 Å². The Morgan fingerprint density at radius 2 is 1.90 bits per heavy atom. The van der Waals surface area contributed by atoms with Crippen LogP contribution in [-0.4, -0.2) is 9.55 Å². The lowest BCUT2D eigenvalue weighted by molar-refractivity contribution is 0.622. The lowest BCUT2D eigenvalue weighted by atomic mass is 10.2. The van der Waals surface area contributed by atoms with Gasteiger partial charge in [-0.1, -0.05) is 11.6 Å². The van der Waals surface area contributed by atoms with E-state index in [1.165, 1.54) is 18.2 Å². The van der Waals surface area contributed by atoms with Gasteiger partial charge >= 0.3 is 0 Å². The van der Waals surface area contributed by atoms with Gasteiger partial charge in [0.25, 0.3) is 0 Å². The van der Waals surface area contributed by atoms with Crippen LogP contribution in [0.2, 0.25) is 5.02 Å². The zero-order chi connectivity index (χ0) is 15.1. The van der Waals surface area contributed by atoms with Gasteiger partial charge in [-0.05, 0) is 40.2 Å². The molecule has 1 heterocycles. The summed E-state index contributed by atoms with van der Waals surface area (Å²) in [6.07, 6.45) is 0. The fraction of sp³-hybridized carbons (Fsp3) is 0.0714. The maximum Gasteiger partial charge on any atom is 0.139 e. The summed E-state index contributed by atoms with van der Waals surface area (Å²) in [7, 11) is 0. The highest BCUT2D eigenvalue weighted by Gasteiger charge is 2.15. The fourth-order valence-electron chi connectivity index (χ4n) is 2.17. The number of fused-ring (bicyclic) bond motifs is 1. The summed E-state index contributed by atoms with van der Waals surface area (Å²) in [6.45, 7) is 0. The van der Waals surface area contributed by atoms with E-state index < -0.39 is 11.6 Å². The second kappa shape index (κ2) is 5.55. The van der Waals surface area contributed by atoms with E-state index in [1.807, 2.05) is 0 Å². The molecule has 0 bridgehead atoms. The number of benzene rings is 2. The third-order valence-electron chi connectivity index (χ3n) is 2.99. The molecular weight excluding hydrogens is 385 g/mol. The van der Waals surface area contributed by atoms with Gasteiger partial charge in [0.2, 0.25) is 0 Å². The van der Waals surface area contributed by atoms with E-state index >= 15 is 0 Å². The lowest BCUT2D eigenvalue weighted by Crippen LogP contribution is -2.00. The molecular formula is C14H7BrCl2F2N2. The third-order valence-corrected chi connectivity index (χ3v) is 4.06. The predicted octanol–water partition coefficient (Wildman–Crippen LogP) is 5.46.